The van der Waals surface area contributed by atoms with Crippen LogP contribution < -0.4 is 5.32 Å². The van der Waals surface area contributed by atoms with Gasteiger partial charge in [0.2, 0.25) is 0 Å². The number of carbonyl (C=O) groups excluding carboxylic acids is 1. The molecule has 0 atom stereocenters. The van der Waals surface area contributed by atoms with Crippen molar-refractivity contribution in [3.63, 3.8) is 0 Å². The van der Waals surface area contributed by atoms with Gasteiger partial charge in [0, 0.05) is 23.8 Å². The molecule has 0 aliphatic carbocycles. The molecule has 1 amide bonds. The highest BCUT2D eigenvalue weighted by Crippen LogP contribution is 2.24. The fraction of sp³-hybridized carbons (Fsp3) is 0.444. The van der Waals surface area contributed by atoms with Crippen LogP contribution in [0, 0.1) is 0 Å². The molecular formula is C18H23Cl3N4O. The van der Waals surface area contributed by atoms with Gasteiger partial charge in [0.25, 0.3) is 5.91 Å². The lowest BCUT2D eigenvalue weighted by Crippen LogP contribution is -2.46. The number of aromatic nitrogens is 2. The first-order valence-corrected chi connectivity index (χ1v) is 9.37. The van der Waals surface area contributed by atoms with Gasteiger partial charge in [-0.1, -0.05) is 30.1 Å². The van der Waals surface area contributed by atoms with Crippen LogP contribution in [0.1, 0.15) is 36.5 Å². The Morgan fingerprint density at radius 3 is 2.73 bits per heavy atom. The Hall–Kier alpha value is -1.27. The van der Waals surface area contributed by atoms with Crippen molar-refractivity contribution in [2.24, 2.45) is 0 Å². The summed E-state index contributed by atoms with van der Waals surface area (Å²) < 4.78 is 1.62. The van der Waals surface area contributed by atoms with Crippen molar-refractivity contribution >= 4 is 41.5 Å². The van der Waals surface area contributed by atoms with E-state index in [1.54, 1.807) is 35.3 Å². The van der Waals surface area contributed by atoms with E-state index < -0.39 is 0 Å². The molecule has 142 valence electrons. The molecule has 1 saturated heterocycles. The third-order valence-electron chi connectivity index (χ3n) is 4.46. The van der Waals surface area contributed by atoms with Crippen LogP contribution in [0.15, 0.2) is 30.6 Å². The molecule has 0 spiro atoms. The summed E-state index contributed by atoms with van der Waals surface area (Å²) in [5.41, 5.74) is 1.28. The lowest BCUT2D eigenvalue weighted by atomic mass is 10.0. The van der Waals surface area contributed by atoms with E-state index in [9.17, 15) is 4.79 Å². The summed E-state index contributed by atoms with van der Waals surface area (Å²) in [5, 5.41) is 8.73. The maximum absolute atomic E-state index is 13.0. The monoisotopic (exact) mass is 416 g/mol. The van der Waals surface area contributed by atoms with Crippen LogP contribution in [0.3, 0.4) is 0 Å². The predicted molar refractivity (Wildman–Crippen MR) is 108 cm³/mol. The average molecular weight is 418 g/mol. The Labute approximate surface area is 170 Å². The number of rotatable bonds is 5. The second kappa shape index (κ2) is 9.60. The normalized spacial score (nSPS) is 14.7. The Morgan fingerprint density at radius 2 is 2.08 bits per heavy atom. The molecule has 0 radical (unpaired) electrons. The van der Waals surface area contributed by atoms with Gasteiger partial charge in [-0.2, -0.15) is 5.10 Å². The molecule has 0 saturated carbocycles. The van der Waals surface area contributed by atoms with Crippen LogP contribution in [-0.4, -0.2) is 46.3 Å². The largest absolute Gasteiger partial charge is 0.335 e. The fourth-order valence-electron chi connectivity index (χ4n) is 3.21. The van der Waals surface area contributed by atoms with Crippen LogP contribution in [0.25, 0.3) is 5.69 Å². The summed E-state index contributed by atoms with van der Waals surface area (Å²) in [6, 6.07) is 5.50. The van der Waals surface area contributed by atoms with Gasteiger partial charge in [-0.3, -0.25) is 4.79 Å². The number of piperidine rings is 1. The maximum atomic E-state index is 13.0. The Bertz CT molecular complexity index is 744. The molecule has 0 unspecified atom stereocenters. The van der Waals surface area contributed by atoms with Crippen LogP contribution in [-0.2, 0) is 0 Å². The van der Waals surface area contributed by atoms with Gasteiger partial charge < -0.3 is 10.2 Å². The van der Waals surface area contributed by atoms with Gasteiger partial charge in [0.1, 0.15) is 0 Å². The van der Waals surface area contributed by atoms with Crippen molar-refractivity contribution in [2.75, 3.05) is 19.6 Å². The van der Waals surface area contributed by atoms with E-state index in [4.69, 9.17) is 23.2 Å². The van der Waals surface area contributed by atoms with Crippen molar-refractivity contribution < 1.29 is 4.79 Å². The minimum Gasteiger partial charge on any atom is -0.335 e. The fourth-order valence-corrected chi connectivity index (χ4v) is 3.70. The van der Waals surface area contributed by atoms with E-state index >= 15 is 0 Å². The summed E-state index contributed by atoms with van der Waals surface area (Å²) in [6.45, 7) is 4.77. The first-order chi connectivity index (χ1) is 12.1. The quantitative estimate of drug-likeness (QED) is 0.793. The number of benzene rings is 1. The molecule has 1 aromatic carbocycles. The summed E-state index contributed by atoms with van der Waals surface area (Å²) in [5.74, 6) is 0.0325. The maximum Gasteiger partial charge on any atom is 0.257 e. The van der Waals surface area contributed by atoms with E-state index in [0.717, 1.165) is 38.9 Å². The standard InChI is InChI=1S/C18H22Cl2N4O.ClH/c1-2-9-23(15-5-7-21-8-6-15)18(25)13-11-22-24(12-13)17-4-3-14(19)10-16(17)20;/h3-4,10-12,15,21H,2,5-9H2,1H3;1H. The molecule has 26 heavy (non-hydrogen) atoms. The van der Waals surface area contributed by atoms with E-state index in [0.29, 0.717) is 21.3 Å². The van der Waals surface area contributed by atoms with Gasteiger partial charge in [-0.05, 0) is 50.6 Å². The van der Waals surface area contributed by atoms with Crippen molar-refractivity contribution in [3.05, 3.63) is 46.2 Å². The van der Waals surface area contributed by atoms with E-state index in [-0.39, 0.29) is 24.4 Å². The predicted octanol–water partition coefficient (Wildman–Crippen LogP) is 4.21. The van der Waals surface area contributed by atoms with Crippen LogP contribution in [0.2, 0.25) is 10.0 Å². The minimum atomic E-state index is 0. The van der Waals surface area contributed by atoms with Crippen LogP contribution >= 0.6 is 35.6 Å². The molecule has 1 aromatic heterocycles. The van der Waals surface area contributed by atoms with Crippen molar-refractivity contribution in [3.8, 4) is 5.69 Å². The lowest BCUT2D eigenvalue weighted by Gasteiger charge is -2.34. The zero-order valence-corrected chi connectivity index (χ0v) is 16.9. The lowest BCUT2D eigenvalue weighted by molar-refractivity contribution is 0.0642. The van der Waals surface area contributed by atoms with Gasteiger partial charge in [0.15, 0.2) is 0 Å². The number of carbonyl (C=O) groups is 1. The molecule has 0 bridgehead atoms. The number of hydrogen-bond donors (Lipinski definition) is 1. The molecule has 2 heterocycles. The molecular weight excluding hydrogens is 395 g/mol. The van der Waals surface area contributed by atoms with Gasteiger partial charge >= 0.3 is 0 Å². The Kier molecular flexibility index (Phi) is 7.77. The number of nitrogens with zero attached hydrogens (tertiary/aromatic N) is 3. The summed E-state index contributed by atoms with van der Waals surface area (Å²) in [7, 11) is 0. The highest BCUT2D eigenvalue weighted by molar-refractivity contribution is 6.35. The number of nitrogens with one attached hydrogen (secondary N) is 1. The summed E-state index contributed by atoms with van der Waals surface area (Å²) >= 11 is 12.2. The molecule has 2 aromatic rings. The van der Waals surface area contributed by atoms with E-state index in [2.05, 4.69) is 17.3 Å². The molecule has 1 N–H and O–H groups in total. The Balaban J connectivity index is 0.00000243. The van der Waals surface area contributed by atoms with Gasteiger partial charge in [-0.15, -0.1) is 12.4 Å². The number of amides is 1. The van der Waals surface area contributed by atoms with Crippen LogP contribution in [0.4, 0.5) is 0 Å². The molecule has 5 nitrogen and oxygen atoms in total. The first kappa shape index (κ1) is 21.0. The van der Waals surface area contributed by atoms with Gasteiger partial charge in [-0.25, -0.2) is 4.68 Å². The second-order valence-corrected chi connectivity index (χ2v) is 7.09. The Morgan fingerprint density at radius 1 is 1.35 bits per heavy atom. The van der Waals surface area contributed by atoms with Crippen LogP contribution in [0.5, 0.6) is 0 Å². The SMILES string of the molecule is CCCN(C(=O)c1cnn(-c2ccc(Cl)cc2Cl)c1)C1CCNCC1.Cl. The minimum absolute atomic E-state index is 0. The summed E-state index contributed by atoms with van der Waals surface area (Å²) in [4.78, 5) is 15.0. The highest BCUT2D eigenvalue weighted by atomic mass is 35.5. The molecule has 3 rings (SSSR count). The van der Waals surface area contributed by atoms with Crippen molar-refractivity contribution in [1.29, 1.82) is 0 Å². The number of halogens is 3. The third kappa shape index (κ3) is 4.71. The number of hydrogen-bond acceptors (Lipinski definition) is 3. The summed E-state index contributed by atoms with van der Waals surface area (Å²) in [6.07, 6.45) is 6.26. The van der Waals surface area contributed by atoms with Crippen molar-refractivity contribution in [2.45, 2.75) is 32.2 Å². The molecule has 1 fully saturated rings. The topological polar surface area (TPSA) is 50.2 Å². The molecule has 1 aliphatic heterocycles. The zero-order chi connectivity index (χ0) is 17.8. The average Bonchev–Trinajstić information content (AvgIpc) is 3.09. The highest BCUT2D eigenvalue weighted by Gasteiger charge is 2.26. The molecule has 8 heteroatoms. The first-order valence-electron chi connectivity index (χ1n) is 8.62. The molecule has 1 aliphatic rings. The third-order valence-corrected chi connectivity index (χ3v) is 5.00. The van der Waals surface area contributed by atoms with E-state index in [1.165, 1.54) is 0 Å². The van der Waals surface area contributed by atoms with Crippen molar-refractivity contribution in [1.82, 2.24) is 20.0 Å². The second-order valence-electron chi connectivity index (χ2n) is 6.25. The van der Waals surface area contributed by atoms with Gasteiger partial charge in [0.05, 0.1) is 22.5 Å². The zero-order valence-electron chi connectivity index (χ0n) is 14.6. The smallest absolute Gasteiger partial charge is 0.257 e. The van der Waals surface area contributed by atoms with E-state index in [1.807, 2.05) is 4.90 Å².